The van der Waals surface area contributed by atoms with Gasteiger partial charge in [0.25, 0.3) is 0 Å². The molecule has 1 aliphatic carbocycles. The molecule has 2 aromatic heterocycles. The number of hydrogen-bond donors (Lipinski definition) is 0. The van der Waals surface area contributed by atoms with Crippen LogP contribution < -0.4 is 0 Å². The maximum Gasteiger partial charge on any atom is 0.0541 e. The second kappa shape index (κ2) is 10.9. The normalized spacial score (nSPS) is 12.2. The van der Waals surface area contributed by atoms with Gasteiger partial charge >= 0.3 is 0 Å². The topological polar surface area (TPSA) is 9.86 Å². The van der Waals surface area contributed by atoms with Gasteiger partial charge in [-0.1, -0.05) is 109 Å². The molecule has 0 spiro atoms. The van der Waals surface area contributed by atoms with Crippen LogP contribution in [0.3, 0.4) is 0 Å². The summed E-state index contributed by atoms with van der Waals surface area (Å²) in [5, 5.41) is 5.03. The first-order chi connectivity index (χ1) is 25.2. The molecular formula is C49H32N2. The van der Waals surface area contributed by atoms with Crippen LogP contribution in [0.15, 0.2) is 182 Å². The highest BCUT2D eigenvalue weighted by Gasteiger charge is 2.18. The van der Waals surface area contributed by atoms with Crippen molar-refractivity contribution in [2.24, 2.45) is 0 Å². The molecule has 8 aromatic carbocycles. The fourth-order valence-corrected chi connectivity index (χ4v) is 8.43. The van der Waals surface area contributed by atoms with Gasteiger partial charge < -0.3 is 9.13 Å². The van der Waals surface area contributed by atoms with Crippen molar-refractivity contribution < 1.29 is 0 Å². The Kier molecular flexibility index (Phi) is 6.05. The molecule has 11 rings (SSSR count). The third kappa shape index (κ3) is 4.43. The van der Waals surface area contributed by atoms with Gasteiger partial charge in [0.05, 0.1) is 22.1 Å². The van der Waals surface area contributed by atoms with Gasteiger partial charge in [0.1, 0.15) is 0 Å². The highest BCUT2D eigenvalue weighted by atomic mass is 15.0. The fourth-order valence-electron chi connectivity index (χ4n) is 8.43. The summed E-state index contributed by atoms with van der Waals surface area (Å²) in [7, 11) is 0. The zero-order valence-electron chi connectivity index (χ0n) is 27.9. The van der Waals surface area contributed by atoms with Crippen molar-refractivity contribution in [3.63, 3.8) is 0 Å². The van der Waals surface area contributed by atoms with Crippen LogP contribution in [0.25, 0.3) is 88.4 Å². The van der Waals surface area contributed by atoms with Crippen LogP contribution in [0, 0.1) is 0 Å². The Balaban J connectivity index is 1.24. The summed E-state index contributed by atoms with van der Waals surface area (Å²) in [6.45, 7) is 0. The Morgan fingerprint density at radius 2 is 0.608 bits per heavy atom. The van der Waals surface area contributed by atoms with Crippen LogP contribution in [0.4, 0.5) is 0 Å². The summed E-state index contributed by atoms with van der Waals surface area (Å²) in [6, 6.07) is 67.6. The quantitative estimate of drug-likeness (QED) is 0.177. The van der Waals surface area contributed by atoms with Gasteiger partial charge in [-0.05, 0) is 124 Å². The van der Waals surface area contributed by atoms with E-state index in [-0.39, 0.29) is 0 Å². The van der Waals surface area contributed by atoms with Crippen LogP contribution in [-0.2, 0) is 6.42 Å². The Morgan fingerprint density at radius 3 is 0.961 bits per heavy atom. The molecule has 2 heteroatoms. The number of aromatic nitrogens is 2. The summed E-state index contributed by atoms with van der Waals surface area (Å²) in [5.74, 6) is 0. The van der Waals surface area contributed by atoms with E-state index in [1.54, 1.807) is 0 Å². The number of benzene rings is 8. The molecule has 238 valence electrons. The lowest BCUT2D eigenvalue weighted by Crippen LogP contribution is -1.93. The molecule has 2 heterocycles. The molecule has 0 saturated heterocycles. The molecule has 0 saturated carbocycles. The summed E-state index contributed by atoms with van der Waals surface area (Å²) in [5.41, 5.74) is 17.2. The first-order valence-electron chi connectivity index (χ1n) is 17.7. The molecule has 12 bridgehead atoms. The Morgan fingerprint density at radius 1 is 0.275 bits per heavy atom. The van der Waals surface area contributed by atoms with Crippen molar-refractivity contribution >= 4 is 43.6 Å². The van der Waals surface area contributed by atoms with Crippen molar-refractivity contribution in [1.82, 2.24) is 9.13 Å². The van der Waals surface area contributed by atoms with Crippen molar-refractivity contribution in [1.29, 1.82) is 0 Å². The zero-order chi connectivity index (χ0) is 33.5. The van der Waals surface area contributed by atoms with E-state index in [1.165, 1.54) is 99.5 Å². The largest absolute Gasteiger partial charge is 0.309 e. The minimum absolute atomic E-state index is 0.875. The van der Waals surface area contributed by atoms with Crippen LogP contribution in [0.1, 0.15) is 11.1 Å². The van der Waals surface area contributed by atoms with E-state index in [0.717, 1.165) is 6.42 Å². The molecule has 51 heavy (non-hydrogen) atoms. The van der Waals surface area contributed by atoms with Crippen LogP contribution in [0.5, 0.6) is 0 Å². The van der Waals surface area contributed by atoms with Crippen molar-refractivity contribution in [2.45, 2.75) is 6.42 Å². The highest BCUT2D eigenvalue weighted by Crippen LogP contribution is 2.40. The fraction of sp³-hybridized carbons (Fsp3) is 0.0204. The standard InChI is InChI=1S/C49H32N2/c1-3-13-40(14-4-1)50-46-21-17-36-28-42(46)44-30-38(19-23-48(44)50)39-20-24-49-45(31-39)43-29-37(18-22-47(43)51(49)41-15-5-2-6-16-41)35-12-8-10-33(27-35)25-32-9-7-11-34(36)26-32/h1-24,26-31H,25H2. The molecule has 0 radical (unpaired) electrons. The van der Waals surface area contributed by atoms with E-state index in [4.69, 9.17) is 0 Å². The highest BCUT2D eigenvalue weighted by molar-refractivity contribution is 6.14. The average Bonchev–Trinajstić information content (AvgIpc) is 3.70. The first kappa shape index (κ1) is 28.2. The summed E-state index contributed by atoms with van der Waals surface area (Å²) in [4.78, 5) is 0. The lowest BCUT2D eigenvalue weighted by atomic mass is 9.96. The van der Waals surface area contributed by atoms with Crippen molar-refractivity contribution in [3.8, 4) is 44.8 Å². The van der Waals surface area contributed by atoms with Crippen molar-refractivity contribution in [2.75, 3.05) is 0 Å². The number of para-hydroxylation sites is 2. The van der Waals surface area contributed by atoms with Gasteiger partial charge in [-0.3, -0.25) is 0 Å². The van der Waals surface area contributed by atoms with Gasteiger partial charge in [-0.15, -0.1) is 0 Å². The van der Waals surface area contributed by atoms with E-state index in [1.807, 2.05) is 0 Å². The van der Waals surface area contributed by atoms with E-state index in [2.05, 4.69) is 191 Å². The maximum atomic E-state index is 2.41. The number of fused-ring (bicyclic) bond motifs is 11. The molecule has 0 aliphatic heterocycles. The average molecular weight is 649 g/mol. The summed E-state index contributed by atoms with van der Waals surface area (Å²) in [6.07, 6.45) is 0.875. The summed E-state index contributed by atoms with van der Waals surface area (Å²) < 4.78 is 4.82. The molecule has 0 atom stereocenters. The zero-order valence-corrected chi connectivity index (χ0v) is 27.9. The molecule has 0 fully saturated rings. The minimum atomic E-state index is 0.875. The van der Waals surface area contributed by atoms with Gasteiger partial charge in [0.2, 0.25) is 0 Å². The third-order valence-electron chi connectivity index (χ3n) is 10.8. The van der Waals surface area contributed by atoms with Crippen molar-refractivity contribution in [3.05, 3.63) is 193 Å². The lowest BCUT2D eigenvalue weighted by molar-refractivity contribution is 1.18. The van der Waals surface area contributed by atoms with Gasteiger partial charge in [-0.25, -0.2) is 0 Å². The Labute approximate surface area is 296 Å². The molecule has 0 amide bonds. The maximum absolute atomic E-state index is 2.41. The number of rotatable bonds is 2. The lowest BCUT2D eigenvalue weighted by Gasteiger charge is -2.10. The first-order valence-corrected chi connectivity index (χ1v) is 17.7. The van der Waals surface area contributed by atoms with Crippen LogP contribution >= 0.6 is 0 Å². The van der Waals surface area contributed by atoms with Gasteiger partial charge in [0, 0.05) is 32.9 Å². The van der Waals surface area contributed by atoms with Gasteiger partial charge in [0.15, 0.2) is 0 Å². The third-order valence-corrected chi connectivity index (χ3v) is 10.8. The SMILES string of the molecule is c1ccc(-n2c3ccc4cc3c3cc(ccc32)-c2ccc3c(c2)c2cc(ccc2n3-c2ccccc2)-c2cccc(c2)Cc2cccc-4c2)cc1. The van der Waals surface area contributed by atoms with Crippen LogP contribution in [-0.4, -0.2) is 9.13 Å². The number of hydrogen-bond acceptors (Lipinski definition) is 0. The van der Waals surface area contributed by atoms with Gasteiger partial charge in [-0.2, -0.15) is 0 Å². The van der Waals surface area contributed by atoms with E-state index < -0.39 is 0 Å². The minimum Gasteiger partial charge on any atom is -0.309 e. The summed E-state index contributed by atoms with van der Waals surface area (Å²) >= 11 is 0. The molecule has 2 nitrogen and oxygen atoms in total. The second-order valence-corrected chi connectivity index (χ2v) is 13.8. The molecule has 10 aromatic rings. The predicted octanol–water partition coefficient (Wildman–Crippen LogP) is 12.8. The molecule has 1 aliphatic rings. The van der Waals surface area contributed by atoms with E-state index in [9.17, 15) is 0 Å². The van der Waals surface area contributed by atoms with E-state index in [0.29, 0.717) is 0 Å². The molecule has 0 unspecified atom stereocenters. The Hall–Kier alpha value is -6.64. The second-order valence-electron chi connectivity index (χ2n) is 13.8. The molecular weight excluding hydrogens is 617 g/mol. The number of nitrogens with zero attached hydrogens (tertiary/aromatic N) is 2. The Bertz CT molecular complexity index is 2780. The molecule has 0 N–H and O–H groups in total. The monoisotopic (exact) mass is 648 g/mol. The smallest absolute Gasteiger partial charge is 0.0541 e. The predicted molar refractivity (Wildman–Crippen MR) is 214 cm³/mol. The van der Waals surface area contributed by atoms with E-state index >= 15 is 0 Å². The van der Waals surface area contributed by atoms with Crippen LogP contribution in [0.2, 0.25) is 0 Å².